The van der Waals surface area contributed by atoms with Gasteiger partial charge in [-0.15, -0.1) is 34.0 Å². The fourth-order valence-corrected chi connectivity index (χ4v) is 20.4. The smallest absolute Gasteiger partial charge is 0.164 e. The van der Waals surface area contributed by atoms with Crippen LogP contribution in [0.15, 0.2) is 367 Å². The Morgan fingerprint density at radius 1 is 0.193 bits per heavy atom. The Hall–Kier alpha value is -15.2. The van der Waals surface area contributed by atoms with Crippen molar-refractivity contribution in [3.63, 3.8) is 0 Å². The van der Waals surface area contributed by atoms with Crippen LogP contribution in [-0.4, -0.2) is 44.9 Å². The average Bonchev–Trinajstić information content (AvgIpc) is 1.60. The van der Waals surface area contributed by atoms with Crippen molar-refractivity contribution in [2.45, 2.75) is 0 Å². The Balaban J connectivity index is 0.631. The lowest BCUT2D eigenvalue weighted by atomic mass is 9.94. The lowest BCUT2D eigenvalue weighted by molar-refractivity contribution is 0.669. The van der Waals surface area contributed by atoms with Gasteiger partial charge in [0.05, 0.1) is 43.2 Å². The van der Waals surface area contributed by atoms with Gasteiger partial charge in [-0.25, -0.2) is 44.9 Å². The van der Waals surface area contributed by atoms with E-state index in [1.807, 2.05) is 121 Å². The van der Waals surface area contributed by atoms with E-state index in [1.54, 1.807) is 22.7 Å². The van der Waals surface area contributed by atoms with E-state index in [0.29, 0.717) is 40.5 Å². The maximum atomic E-state index is 7.35. The van der Waals surface area contributed by atoms with Crippen molar-refractivity contribution in [3.05, 3.63) is 358 Å². The van der Waals surface area contributed by atoms with E-state index in [9.17, 15) is 0 Å². The molecule has 119 heavy (non-hydrogen) atoms. The van der Waals surface area contributed by atoms with Gasteiger partial charge in [0.25, 0.3) is 0 Å². The third-order valence-corrected chi connectivity index (χ3v) is 26.2. The summed E-state index contributed by atoms with van der Waals surface area (Å²) in [5, 5.41) is 8.41. The second-order valence-electron chi connectivity index (χ2n) is 29.8. The molecule has 0 spiro atoms. The number of rotatable bonds is 13. The Morgan fingerprint density at radius 3 is 1.27 bits per heavy atom. The maximum Gasteiger partial charge on any atom is 0.164 e. The first kappa shape index (κ1) is 68.2. The summed E-state index contributed by atoms with van der Waals surface area (Å²) in [6.07, 6.45) is 0. The van der Waals surface area contributed by atoms with E-state index in [1.165, 1.54) is 25.7 Å². The molecule has 24 rings (SSSR count). The lowest BCUT2D eigenvalue weighted by Crippen LogP contribution is -2.00. The minimum atomic E-state index is 0.564. The molecule has 24 aromatic rings. The third-order valence-electron chi connectivity index (χ3n) is 22.7. The topological polar surface area (TPSA) is 142 Å². The fraction of sp³-hybridized carbons (Fsp3) is 0. The molecule has 9 aromatic heterocycles. The maximum absolute atomic E-state index is 7.35. The summed E-state index contributed by atoms with van der Waals surface area (Å²) in [7, 11) is 0. The van der Waals surface area contributed by atoms with Gasteiger partial charge < -0.3 is 8.83 Å². The normalized spacial score (nSPS) is 11.9. The van der Waals surface area contributed by atoms with E-state index in [2.05, 4.69) is 249 Å². The second-order valence-corrected chi connectivity index (χ2v) is 32.9. The fourth-order valence-electron chi connectivity index (χ4n) is 16.9. The second kappa shape index (κ2) is 27.8. The first-order chi connectivity index (χ1) is 58.9. The molecule has 0 atom stereocenters. The van der Waals surface area contributed by atoms with E-state index in [4.69, 9.17) is 53.7 Å². The molecule has 0 radical (unpaired) electrons. The first-order valence-electron chi connectivity index (χ1n) is 39.4. The number of benzene rings is 15. The standard InChI is InChI=1S/C105H59N9O2S3/c1-5-22-63(23-6-1)100-106-82(70-31-19-30-69(56-70)73-35-20-36-75-74-32-13-16-39-87(74)117-97(73)75)59-83(107-100)76-53-52-72(96-91(76)81-58-71(51-55-85(81)116-96)93-99-95(78-34-15-18-41-89(78)119-99)110-101(109-93)64-24-7-2-8-25-64)61-44-48-67(49-45-61)102-108-92(98-94(111-102)77-33-14-17-40-88(77)118-98)62-46-42-60(43-47-62)68-50-54-84-80(57-68)90-79(37-21-38-86(90)115-84)105-113-103(65-26-9-3-10-27-65)112-104(114-105)66-28-11-4-12-29-66/h1-59H. The Kier molecular flexibility index (Phi) is 15.9. The zero-order chi connectivity index (χ0) is 78.2. The molecule has 0 saturated heterocycles. The van der Waals surface area contributed by atoms with Gasteiger partial charge in [-0.1, -0.05) is 285 Å². The van der Waals surface area contributed by atoms with Gasteiger partial charge in [0, 0.05) is 123 Å². The third kappa shape index (κ3) is 11.7. The van der Waals surface area contributed by atoms with Crippen LogP contribution in [0.1, 0.15) is 0 Å². The van der Waals surface area contributed by atoms with Crippen LogP contribution in [0, 0.1) is 0 Å². The van der Waals surface area contributed by atoms with E-state index in [0.717, 1.165) is 185 Å². The molecular weight excluding hydrogens is 1520 g/mol. The van der Waals surface area contributed by atoms with Gasteiger partial charge in [0.1, 0.15) is 22.3 Å². The molecule has 0 aliphatic carbocycles. The quantitative estimate of drug-likeness (QED) is 0.109. The van der Waals surface area contributed by atoms with E-state index < -0.39 is 0 Å². The summed E-state index contributed by atoms with van der Waals surface area (Å²) in [6, 6.07) is 125. The zero-order valence-corrected chi connectivity index (χ0v) is 65.6. The Morgan fingerprint density at radius 2 is 0.622 bits per heavy atom. The molecule has 11 nitrogen and oxygen atoms in total. The van der Waals surface area contributed by atoms with Crippen LogP contribution in [0.4, 0.5) is 0 Å². The molecule has 0 N–H and O–H groups in total. The molecule has 0 saturated carbocycles. The average molecular weight is 1570 g/mol. The summed E-state index contributed by atoms with van der Waals surface area (Å²) in [6.45, 7) is 0. The van der Waals surface area contributed by atoms with Crippen molar-refractivity contribution < 1.29 is 8.83 Å². The number of furan rings is 2. The molecule has 0 fully saturated rings. The predicted octanol–water partition coefficient (Wildman–Crippen LogP) is 28.8. The van der Waals surface area contributed by atoms with Crippen LogP contribution < -0.4 is 0 Å². The number of fused-ring (bicyclic) bond motifs is 15. The highest BCUT2D eigenvalue weighted by Gasteiger charge is 2.26. The number of aromatic nitrogens is 9. The predicted molar refractivity (Wildman–Crippen MR) is 490 cm³/mol. The Bertz CT molecular complexity index is 8170. The molecule has 0 aliphatic heterocycles. The van der Waals surface area contributed by atoms with Crippen molar-refractivity contribution in [1.29, 1.82) is 0 Å². The van der Waals surface area contributed by atoms with Crippen LogP contribution >= 0.6 is 34.0 Å². The molecule has 9 heterocycles. The van der Waals surface area contributed by atoms with Gasteiger partial charge in [0.2, 0.25) is 0 Å². The van der Waals surface area contributed by atoms with Crippen LogP contribution in [-0.2, 0) is 0 Å². The molecule has 0 unspecified atom stereocenters. The number of thiophene rings is 3. The van der Waals surface area contributed by atoms with Crippen molar-refractivity contribution in [3.8, 4) is 147 Å². The minimum Gasteiger partial charge on any atom is -0.456 e. The summed E-state index contributed by atoms with van der Waals surface area (Å²) >= 11 is 5.27. The van der Waals surface area contributed by atoms with Crippen molar-refractivity contribution >= 4 is 139 Å². The number of nitrogens with zero attached hydrogens (tertiary/aromatic N) is 9. The molecule has 554 valence electrons. The van der Waals surface area contributed by atoms with E-state index >= 15 is 0 Å². The highest BCUT2D eigenvalue weighted by atomic mass is 32.1. The summed E-state index contributed by atoms with van der Waals surface area (Å²) in [5.74, 6) is 3.64. The monoisotopic (exact) mass is 1570 g/mol. The summed E-state index contributed by atoms with van der Waals surface area (Å²) in [5.41, 5.74) is 23.4. The Labute approximate surface area is 691 Å². The molecule has 15 aromatic carbocycles. The van der Waals surface area contributed by atoms with Gasteiger partial charge in [0.15, 0.2) is 34.9 Å². The highest BCUT2D eigenvalue weighted by molar-refractivity contribution is 7.27. The van der Waals surface area contributed by atoms with Crippen LogP contribution in [0.5, 0.6) is 0 Å². The lowest BCUT2D eigenvalue weighted by Gasteiger charge is -2.13. The largest absolute Gasteiger partial charge is 0.456 e. The molecule has 0 amide bonds. The summed E-state index contributed by atoms with van der Waals surface area (Å²) in [4.78, 5) is 48.0. The van der Waals surface area contributed by atoms with Crippen molar-refractivity contribution in [2.24, 2.45) is 0 Å². The zero-order valence-electron chi connectivity index (χ0n) is 63.1. The van der Waals surface area contributed by atoms with E-state index in [-0.39, 0.29) is 0 Å². The van der Waals surface area contributed by atoms with Gasteiger partial charge in [-0.2, -0.15) is 0 Å². The molecule has 0 aliphatic rings. The van der Waals surface area contributed by atoms with Gasteiger partial charge in [-0.3, -0.25) is 0 Å². The number of hydrogen-bond acceptors (Lipinski definition) is 14. The van der Waals surface area contributed by atoms with Gasteiger partial charge in [-0.05, 0) is 101 Å². The van der Waals surface area contributed by atoms with Gasteiger partial charge >= 0.3 is 0 Å². The van der Waals surface area contributed by atoms with Crippen molar-refractivity contribution in [1.82, 2.24) is 44.9 Å². The van der Waals surface area contributed by atoms with Crippen LogP contribution in [0.2, 0.25) is 0 Å². The number of hydrogen-bond donors (Lipinski definition) is 0. The SMILES string of the molecule is c1ccc(-c2nc(-c3cccc(-c4cccc5c4sc4ccccc45)c3)cc(-c3ccc(-c4ccc(-c5nc(-c6ccc(-c7ccc8oc9cccc(-c%10nc(-c%11ccccc%11)nc(-c%11ccccc%11)n%10)c9c8c7)cc6)c6sc7ccccc7c6n5)cc4)c4oc5ccc(-c6nc(-c7ccccc7)nc7c6sc6ccccc67)cc5c34)n2)cc1. The van der Waals surface area contributed by atoms with Crippen LogP contribution in [0.25, 0.3) is 251 Å². The van der Waals surface area contributed by atoms with Crippen LogP contribution in [0.3, 0.4) is 0 Å². The highest BCUT2D eigenvalue weighted by Crippen LogP contribution is 2.49. The first-order valence-corrected chi connectivity index (χ1v) is 41.8. The summed E-state index contributed by atoms with van der Waals surface area (Å²) < 4.78 is 20.8. The molecule has 0 bridgehead atoms. The molecule has 14 heteroatoms. The van der Waals surface area contributed by atoms with Crippen molar-refractivity contribution in [2.75, 3.05) is 0 Å². The molecular formula is C105H59N9O2S3. The minimum absolute atomic E-state index is 0.564.